The monoisotopic (exact) mass is 208 g/mol. The SMILES string of the molecule is CC1(C)CCCC(C)(C)N1O.NCl. The van der Waals surface area contributed by atoms with Crippen molar-refractivity contribution in [1.82, 2.24) is 5.06 Å². The van der Waals surface area contributed by atoms with Crippen molar-refractivity contribution in [1.29, 1.82) is 0 Å². The molecule has 1 aliphatic heterocycles. The number of hydroxylamine groups is 2. The Bertz CT molecular complexity index is 144. The van der Waals surface area contributed by atoms with Gasteiger partial charge in [-0.05, 0) is 58.7 Å². The van der Waals surface area contributed by atoms with Gasteiger partial charge in [0.05, 0.1) is 0 Å². The molecule has 3 nitrogen and oxygen atoms in total. The number of piperidine rings is 1. The predicted molar refractivity (Wildman–Crippen MR) is 55.7 cm³/mol. The van der Waals surface area contributed by atoms with Crippen molar-refractivity contribution < 1.29 is 5.21 Å². The van der Waals surface area contributed by atoms with E-state index in [1.165, 1.54) is 11.5 Å². The molecule has 0 aromatic carbocycles. The Morgan fingerprint density at radius 1 is 1.08 bits per heavy atom. The molecule has 0 aliphatic carbocycles. The summed E-state index contributed by atoms with van der Waals surface area (Å²) in [5.41, 5.74) is -0.0799. The smallest absolute Gasteiger partial charge is 0.0410 e. The Labute approximate surface area is 85.9 Å². The van der Waals surface area contributed by atoms with Gasteiger partial charge >= 0.3 is 0 Å². The van der Waals surface area contributed by atoms with Crippen molar-refractivity contribution in [3.63, 3.8) is 0 Å². The summed E-state index contributed by atoms with van der Waals surface area (Å²) in [5.74, 6) is 0. The number of nitrogens with zero attached hydrogens (tertiary/aromatic N) is 1. The molecule has 0 amide bonds. The number of nitrogens with two attached hydrogens (primary N) is 1. The quantitative estimate of drug-likeness (QED) is 0.602. The molecule has 3 N–H and O–H groups in total. The van der Waals surface area contributed by atoms with Crippen LogP contribution in [-0.2, 0) is 0 Å². The molecule has 4 heteroatoms. The van der Waals surface area contributed by atoms with Crippen molar-refractivity contribution in [2.24, 2.45) is 5.25 Å². The van der Waals surface area contributed by atoms with E-state index in [1.54, 1.807) is 0 Å². The third kappa shape index (κ3) is 3.09. The van der Waals surface area contributed by atoms with Gasteiger partial charge in [0.2, 0.25) is 0 Å². The maximum absolute atomic E-state index is 9.80. The fourth-order valence-electron chi connectivity index (χ4n) is 1.98. The molecule has 1 fully saturated rings. The van der Waals surface area contributed by atoms with Crippen LogP contribution in [0.15, 0.2) is 0 Å². The van der Waals surface area contributed by atoms with E-state index in [0.29, 0.717) is 0 Å². The molecule has 0 spiro atoms. The molecule has 0 bridgehead atoms. The zero-order valence-corrected chi connectivity index (χ0v) is 9.73. The van der Waals surface area contributed by atoms with E-state index in [-0.39, 0.29) is 11.1 Å². The van der Waals surface area contributed by atoms with Crippen LogP contribution < -0.4 is 5.25 Å². The van der Waals surface area contributed by atoms with E-state index in [9.17, 15) is 5.21 Å². The average Bonchev–Trinajstić information content (AvgIpc) is 2.04. The van der Waals surface area contributed by atoms with Gasteiger partial charge in [-0.25, -0.2) is 5.25 Å². The van der Waals surface area contributed by atoms with Crippen LogP contribution in [0.5, 0.6) is 0 Å². The summed E-state index contributed by atoms with van der Waals surface area (Å²) in [6, 6.07) is 0. The standard InChI is InChI=1S/C9H19NO.ClH2N/c1-8(2)6-5-7-9(3,4)10(8)11;1-2/h11H,5-7H2,1-4H3;2H2. The largest absolute Gasteiger partial charge is 0.313 e. The molecule has 1 saturated heterocycles. The van der Waals surface area contributed by atoms with Crippen molar-refractivity contribution in [3.05, 3.63) is 0 Å². The third-order valence-electron chi connectivity index (χ3n) is 2.72. The summed E-state index contributed by atoms with van der Waals surface area (Å²) in [4.78, 5) is 0. The molecule has 1 rings (SSSR count). The highest BCUT2D eigenvalue weighted by molar-refractivity contribution is 6.11. The first kappa shape index (κ1) is 13.2. The van der Waals surface area contributed by atoms with E-state index >= 15 is 0 Å². The number of rotatable bonds is 0. The highest BCUT2D eigenvalue weighted by Crippen LogP contribution is 2.35. The summed E-state index contributed by atoms with van der Waals surface area (Å²) in [6.07, 6.45) is 3.40. The van der Waals surface area contributed by atoms with Crippen LogP contribution in [0.3, 0.4) is 0 Å². The fourth-order valence-corrected chi connectivity index (χ4v) is 1.98. The highest BCUT2D eigenvalue weighted by atomic mass is 35.5. The molecule has 0 radical (unpaired) electrons. The van der Waals surface area contributed by atoms with Crippen LogP contribution in [0, 0.1) is 0 Å². The molecular formula is C9H21ClN2O. The molecule has 0 saturated carbocycles. The first-order chi connectivity index (χ1) is 5.86. The van der Waals surface area contributed by atoms with E-state index in [4.69, 9.17) is 0 Å². The van der Waals surface area contributed by atoms with Gasteiger partial charge in [0.25, 0.3) is 0 Å². The van der Waals surface area contributed by atoms with Crippen molar-refractivity contribution >= 4 is 11.8 Å². The summed E-state index contributed by atoms with van der Waals surface area (Å²) in [6.45, 7) is 8.36. The Morgan fingerprint density at radius 2 is 1.38 bits per heavy atom. The summed E-state index contributed by atoms with van der Waals surface area (Å²) >= 11 is 4.14. The second kappa shape index (κ2) is 4.60. The first-order valence-electron chi connectivity index (χ1n) is 4.57. The zero-order valence-electron chi connectivity index (χ0n) is 8.97. The molecule has 0 aromatic rings. The molecule has 0 aromatic heterocycles. The maximum Gasteiger partial charge on any atom is 0.0410 e. The average molecular weight is 209 g/mol. The number of halogens is 1. The van der Waals surface area contributed by atoms with E-state index < -0.39 is 0 Å². The van der Waals surface area contributed by atoms with Gasteiger partial charge in [-0.2, -0.15) is 5.06 Å². The second-order valence-electron chi connectivity index (χ2n) is 4.79. The van der Waals surface area contributed by atoms with Crippen LogP contribution in [0.2, 0.25) is 0 Å². The molecule has 1 heterocycles. The summed E-state index contributed by atoms with van der Waals surface area (Å²) in [7, 11) is 0. The lowest BCUT2D eigenvalue weighted by molar-refractivity contribution is -0.241. The van der Waals surface area contributed by atoms with Crippen LogP contribution in [0.4, 0.5) is 0 Å². The Balaban J connectivity index is 0.000000671. The van der Waals surface area contributed by atoms with Crippen molar-refractivity contribution in [2.45, 2.75) is 58.0 Å². The van der Waals surface area contributed by atoms with Gasteiger partial charge in [0.1, 0.15) is 0 Å². The van der Waals surface area contributed by atoms with Crippen molar-refractivity contribution in [2.75, 3.05) is 0 Å². The lowest BCUT2D eigenvalue weighted by atomic mass is 9.82. The predicted octanol–water partition coefficient (Wildman–Crippen LogP) is 2.52. The van der Waals surface area contributed by atoms with Gasteiger partial charge in [0, 0.05) is 11.1 Å². The van der Waals surface area contributed by atoms with Crippen molar-refractivity contribution in [3.8, 4) is 0 Å². The van der Waals surface area contributed by atoms with Crippen LogP contribution in [0.1, 0.15) is 47.0 Å². The van der Waals surface area contributed by atoms with E-state index in [2.05, 4.69) is 44.7 Å². The minimum Gasteiger partial charge on any atom is -0.313 e. The van der Waals surface area contributed by atoms with Crippen LogP contribution in [0.25, 0.3) is 0 Å². The summed E-state index contributed by atoms with van der Waals surface area (Å²) in [5, 5.41) is 15.3. The zero-order chi connectivity index (χ0) is 10.7. The first-order valence-corrected chi connectivity index (χ1v) is 5.01. The molecule has 1 aliphatic rings. The Morgan fingerprint density at radius 3 is 1.62 bits per heavy atom. The summed E-state index contributed by atoms with van der Waals surface area (Å²) < 4.78 is 0. The molecule has 13 heavy (non-hydrogen) atoms. The van der Waals surface area contributed by atoms with Gasteiger partial charge < -0.3 is 5.21 Å². The lowest BCUT2D eigenvalue weighted by Crippen LogP contribution is -2.56. The molecule has 80 valence electrons. The maximum atomic E-state index is 9.80. The van der Waals surface area contributed by atoms with Crippen LogP contribution >= 0.6 is 11.8 Å². The second-order valence-corrected chi connectivity index (χ2v) is 4.79. The normalized spacial score (nSPS) is 26.1. The number of hydrogen-bond donors (Lipinski definition) is 2. The van der Waals surface area contributed by atoms with Gasteiger partial charge in [-0.3, -0.25) is 0 Å². The minimum atomic E-state index is -0.0399. The highest BCUT2D eigenvalue weighted by Gasteiger charge is 2.40. The van der Waals surface area contributed by atoms with Gasteiger partial charge in [-0.15, -0.1) is 0 Å². The number of hydrogen-bond acceptors (Lipinski definition) is 3. The Kier molecular flexibility index (Phi) is 4.66. The van der Waals surface area contributed by atoms with Gasteiger partial charge in [0.15, 0.2) is 0 Å². The topological polar surface area (TPSA) is 49.5 Å². The van der Waals surface area contributed by atoms with E-state index in [0.717, 1.165) is 12.8 Å². The third-order valence-corrected chi connectivity index (χ3v) is 2.72. The lowest BCUT2D eigenvalue weighted by Gasteiger charge is -2.48. The molecule has 0 unspecified atom stereocenters. The van der Waals surface area contributed by atoms with Gasteiger partial charge in [-0.1, -0.05) is 0 Å². The minimum absolute atomic E-state index is 0.0399. The molecule has 0 atom stereocenters. The van der Waals surface area contributed by atoms with Crippen LogP contribution in [-0.4, -0.2) is 21.3 Å². The van der Waals surface area contributed by atoms with E-state index in [1.807, 2.05) is 0 Å². The molecular weight excluding hydrogens is 188 g/mol. The Hall–Kier alpha value is 0.170. The fraction of sp³-hybridized carbons (Fsp3) is 1.00.